The molecule has 0 heterocycles. The van der Waals surface area contributed by atoms with Crippen LogP contribution in [0.4, 0.5) is 0 Å². The maximum absolute atomic E-state index is 8.52. The molecule has 48 valence electrons. The molecule has 0 saturated carbocycles. The number of rotatable bonds is 0. The van der Waals surface area contributed by atoms with Gasteiger partial charge in [-0.05, 0) is 0 Å². The molecule has 0 aromatic rings. The minimum Gasteiger partial charge on any atom is -0.672 e. The van der Waals surface area contributed by atoms with Gasteiger partial charge in [0.05, 0.1) is 0 Å². The Kier molecular flexibility index (Phi) is 36.6. The van der Waals surface area contributed by atoms with Crippen LogP contribution in [0.1, 0.15) is 0 Å². The predicted molar refractivity (Wildman–Crippen MR) is 24.4 cm³/mol. The van der Waals surface area contributed by atoms with Crippen molar-refractivity contribution in [2.24, 2.45) is 0 Å². The summed E-state index contributed by atoms with van der Waals surface area (Å²) in [6, 6.07) is 0. The van der Waals surface area contributed by atoms with Crippen molar-refractivity contribution in [3.63, 3.8) is 0 Å². The van der Waals surface area contributed by atoms with Crippen LogP contribution in [0.25, 0.3) is 0 Å². The fourth-order valence-corrected chi connectivity index (χ4v) is 0. The predicted octanol–water partition coefficient (Wildman–Crippen LogP) is -6.52. The smallest absolute Gasteiger partial charge is 0.672 e. The van der Waals surface area contributed by atoms with E-state index in [1.54, 1.807) is 0 Å². The van der Waals surface area contributed by atoms with Gasteiger partial charge in [-0.15, -0.1) is 0 Å². The van der Waals surface area contributed by atoms with Crippen molar-refractivity contribution in [1.82, 2.24) is 0 Å². The first-order chi connectivity index (χ1) is 3.46. The second-order valence-corrected chi connectivity index (χ2v) is 1.50. The molecule has 0 amide bonds. The van der Waals surface area contributed by atoms with Gasteiger partial charge in [-0.1, -0.05) is 0 Å². The molecule has 0 aliphatic heterocycles. The van der Waals surface area contributed by atoms with Gasteiger partial charge in [0.2, 0.25) is 0 Å². The zero-order valence-corrected chi connectivity index (χ0v) is 9.07. The molecule has 0 aromatic heterocycles. The SMILES string of the molecule is O=[Si]([O-])[O-].O=[Si]([O-])[O-].[Be+2].[Ca+2]. The van der Waals surface area contributed by atoms with Gasteiger partial charge in [-0.3, -0.25) is 0 Å². The molecule has 0 unspecified atom stereocenters. The molecule has 10 heavy (non-hydrogen) atoms. The van der Waals surface area contributed by atoms with E-state index < -0.39 is 18.3 Å². The summed E-state index contributed by atoms with van der Waals surface area (Å²) in [5.74, 6) is 0. The fourth-order valence-electron chi connectivity index (χ4n) is 0. The van der Waals surface area contributed by atoms with Gasteiger partial charge >= 0.3 is 47.9 Å². The van der Waals surface area contributed by atoms with Crippen molar-refractivity contribution in [3.05, 3.63) is 0 Å². The molecule has 0 saturated heterocycles. The number of hydrogen-bond donors (Lipinski definition) is 0. The second kappa shape index (κ2) is 16.3. The van der Waals surface area contributed by atoms with Crippen LogP contribution >= 0.6 is 0 Å². The molecule has 6 nitrogen and oxygen atoms in total. The summed E-state index contributed by atoms with van der Waals surface area (Å²) in [7, 11) is -7.26. The molecule has 0 aliphatic carbocycles. The molecule has 0 N–H and O–H groups in total. The summed E-state index contributed by atoms with van der Waals surface area (Å²) < 4.78 is 17.0. The molecule has 0 spiro atoms. The third-order valence-electron chi connectivity index (χ3n) is 0. The quantitative estimate of drug-likeness (QED) is 0.358. The van der Waals surface area contributed by atoms with E-state index in [4.69, 9.17) is 28.1 Å². The van der Waals surface area contributed by atoms with Gasteiger partial charge in [0, 0.05) is 18.3 Å². The normalized spacial score (nSPS) is 4.80. The van der Waals surface area contributed by atoms with Crippen LogP contribution in [0.3, 0.4) is 0 Å². The van der Waals surface area contributed by atoms with E-state index in [-0.39, 0.29) is 47.9 Å². The van der Waals surface area contributed by atoms with Crippen molar-refractivity contribution < 1.29 is 28.1 Å². The van der Waals surface area contributed by atoms with Crippen LogP contribution in [0, 0.1) is 0 Å². The molecule has 0 atom stereocenters. The van der Waals surface area contributed by atoms with Gasteiger partial charge in [0.1, 0.15) is 0 Å². The maximum Gasteiger partial charge on any atom is 2.00 e. The Hall–Kier alpha value is 0.662. The first kappa shape index (κ1) is 22.4. The third kappa shape index (κ3) is 1160. The Morgan fingerprint density at radius 2 is 0.800 bits per heavy atom. The van der Waals surface area contributed by atoms with Crippen LogP contribution in [0.5, 0.6) is 0 Å². The van der Waals surface area contributed by atoms with E-state index in [0.717, 1.165) is 0 Å². The molecular weight excluding hydrogens is 201 g/mol. The topological polar surface area (TPSA) is 126 Å². The summed E-state index contributed by atoms with van der Waals surface area (Å²) in [6.45, 7) is 0. The van der Waals surface area contributed by atoms with Crippen molar-refractivity contribution in [1.29, 1.82) is 0 Å². The minimum absolute atomic E-state index is 0. The van der Waals surface area contributed by atoms with Crippen molar-refractivity contribution in [2.75, 3.05) is 0 Å². The summed E-state index contributed by atoms with van der Waals surface area (Å²) in [5.41, 5.74) is 0. The fraction of sp³-hybridized carbons (Fsp3) is 0. The van der Waals surface area contributed by atoms with Crippen molar-refractivity contribution in [3.8, 4) is 0 Å². The van der Waals surface area contributed by atoms with E-state index in [2.05, 4.69) is 0 Å². The van der Waals surface area contributed by atoms with Gasteiger partial charge in [-0.25, -0.2) is 0 Å². The number of hydrogen-bond acceptors (Lipinski definition) is 6. The van der Waals surface area contributed by atoms with Gasteiger partial charge in [0.25, 0.3) is 0 Å². The summed E-state index contributed by atoms with van der Waals surface area (Å²) in [6.07, 6.45) is 0. The molecule has 0 bridgehead atoms. The van der Waals surface area contributed by atoms with Gasteiger partial charge < -0.3 is 28.1 Å². The Morgan fingerprint density at radius 1 is 0.800 bits per heavy atom. The van der Waals surface area contributed by atoms with E-state index in [0.29, 0.717) is 0 Å². The van der Waals surface area contributed by atoms with Crippen LogP contribution in [0.15, 0.2) is 0 Å². The minimum atomic E-state index is -3.63. The third-order valence-corrected chi connectivity index (χ3v) is 0. The monoisotopic (exact) mass is 201 g/mol. The van der Waals surface area contributed by atoms with Crippen molar-refractivity contribution in [2.45, 2.75) is 0 Å². The van der Waals surface area contributed by atoms with E-state index in [9.17, 15) is 0 Å². The molecule has 0 aliphatic rings. The molecule has 0 aromatic carbocycles. The molecule has 10 heteroatoms. The Labute approximate surface area is 93.5 Å². The van der Waals surface area contributed by atoms with Crippen LogP contribution in [0.2, 0.25) is 0 Å². The maximum atomic E-state index is 8.52. The Morgan fingerprint density at radius 3 is 0.800 bits per heavy atom. The summed E-state index contributed by atoms with van der Waals surface area (Å²) in [4.78, 5) is 34.1. The van der Waals surface area contributed by atoms with Crippen molar-refractivity contribution >= 4 is 66.2 Å². The summed E-state index contributed by atoms with van der Waals surface area (Å²) >= 11 is 0. The zero-order chi connectivity index (χ0) is 7.15. The molecule has 0 rings (SSSR count). The average molecular weight is 201 g/mol. The molecular formula is BeCaO6Si2. The van der Waals surface area contributed by atoms with E-state index >= 15 is 0 Å². The van der Waals surface area contributed by atoms with Gasteiger partial charge in [0.15, 0.2) is 0 Å². The molecule has 0 fully saturated rings. The van der Waals surface area contributed by atoms with Gasteiger partial charge in [-0.2, -0.15) is 0 Å². The Balaban J connectivity index is -0.0000000300. The average Bonchev–Trinajstić information content (AvgIpc) is 1.25. The second-order valence-electron chi connectivity index (χ2n) is 0.500. The van der Waals surface area contributed by atoms with Crippen LogP contribution in [-0.2, 0) is 8.92 Å². The Bertz CT molecular complexity index is 73.7. The van der Waals surface area contributed by atoms with E-state index in [1.807, 2.05) is 0 Å². The molecule has 0 radical (unpaired) electrons. The first-order valence-corrected chi connectivity index (χ1v) is 3.67. The van der Waals surface area contributed by atoms with Crippen LogP contribution < -0.4 is 19.2 Å². The zero-order valence-electron chi connectivity index (χ0n) is 4.86. The van der Waals surface area contributed by atoms with Crippen LogP contribution in [-0.4, -0.2) is 66.2 Å². The largest absolute Gasteiger partial charge is 2.00 e. The van der Waals surface area contributed by atoms with E-state index in [1.165, 1.54) is 0 Å². The summed E-state index contributed by atoms with van der Waals surface area (Å²) in [5, 5.41) is 0. The first-order valence-electron chi connectivity index (χ1n) is 1.22. The standard InChI is InChI=1S/Be.Ca.2O3Si/c;;2*1-4(2)3/q2*+2;2*-2.